The second-order valence-corrected chi connectivity index (χ2v) is 4.68. The number of hydrogen-bond donors (Lipinski definition) is 2. The molecule has 0 bridgehead atoms. The Bertz CT molecular complexity index is 542. The van der Waals surface area contributed by atoms with E-state index in [1.807, 2.05) is 6.07 Å². The van der Waals surface area contributed by atoms with Gasteiger partial charge in [0.05, 0.1) is 6.20 Å². The molecule has 1 aromatic carbocycles. The average Bonchev–Trinajstić information content (AvgIpc) is 2.40. The smallest absolute Gasteiger partial charge is 0.141 e. The van der Waals surface area contributed by atoms with Crippen molar-refractivity contribution in [1.29, 1.82) is 0 Å². The lowest BCUT2D eigenvalue weighted by atomic mass is 10.00. The molecule has 0 aliphatic carbocycles. The normalized spacial score (nSPS) is 12.4. The van der Waals surface area contributed by atoms with Gasteiger partial charge in [0.1, 0.15) is 5.82 Å². The van der Waals surface area contributed by atoms with Crippen LogP contribution in [0.4, 0.5) is 4.39 Å². The minimum absolute atomic E-state index is 0.0938. The molecule has 2 rings (SSSR count). The second kappa shape index (κ2) is 6.41. The van der Waals surface area contributed by atoms with Crippen molar-refractivity contribution in [1.82, 2.24) is 10.4 Å². The highest BCUT2D eigenvalue weighted by Crippen LogP contribution is 2.18. The Labute approximate surface area is 112 Å². The van der Waals surface area contributed by atoms with E-state index in [-0.39, 0.29) is 11.9 Å². The van der Waals surface area contributed by atoms with Crippen LogP contribution in [0.25, 0.3) is 0 Å². The van der Waals surface area contributed by atoms with E-state index in [1.165, 1.54) is 23.4 Å². The molecular formula is C15H18FN3. The summed E-state index contributed by atoms with van der Waals surface area (Å²) in [6.45, 7) is 2.07. The van der Waals surface area contributed by atoms with Gasteiger partial charge >= 0.3 is 0 Å². The molecule has 1 aromatic heterocycles. The lowest BCUT2D eigenvalue weighted by molar-refractivity contribution is 0.509. The molecule has 3 nitrogen and oxygen atoms in total. The summed E-state index contributed by atoms with van der Waals surface area (Å²) in [5.41, 5.74) is 5.99. The first-order valence-corrected chi connectivity index (χ1v) is 6.31. The molecule has 1 unspecified atom stereocenters. The zero-order valence-electron chi connectivity index (χ0n) is 10.9. The maximum atomic E-state index is 13.1. The highest BCUT2D eigenvalue weighted by molar-refractivity contribution is 5.23. The lowest BCUT2D eigenvalue weighted by Crippen LogP contribution is -2.28. The van der Waals surface area contributed by atoms with E-state index >= 15 is 0 Å². The van der Waals surface area contributed by atoms with Crippen LogP contribution in [-0.4, -0.2) is 4.98 Å². The zero-order valence-corrected chi connectivity index (χ0v) is 10.9. The number of hydrazine groups is 1. The molecule has 0 aliphatic rings. The third-order valence-corrected chi connectivity index (χ3v) is 3.13. The summed E-state index contributed by atoms with van der Waals surface area (Å²) >= 11 is 0. The number of hydrogen-bond acceptors (Lipinski definition) is 3. The first kappa shape index (κ1) is 13.6. The molecule has 2 aromatic rings. The number of benzene rings is 1. The Morgan fingerprint density at radius 1 is 1.32 bits per heavy atom. The van der Waals surface area contributed by atoms with E-state index in [1.54, 1.807) is 6.20 Å². The summed E-state index contributed by atoms with van der Waals surface area (Å²) in [6, 6.07) is 9.72. The van der Waals surface area contributed by atoms with Gasteiger partial charge in [0, 0.05) is 12.2 Å². The van der Waals surface area contributed by atoms with Gasteiger partial charge in [-0.25, -0.2) is 4.39 Å². The Hall–Kier alpha value is -1.78. The molecule has 1 heterocycles. The molecule has 0 aliphatic heterocycles. The van der Waals surface area contributed by atoms with E-state index in [4.69, 9.17) is 5.84 Å². The third-order valence-electron chi connectivity index (χ3n) is 3.13. The topological polar surface area (TPSA) is 50.9 Å². The molecule has 0 amide bonds. The first-order chi connectivity index (χ1) is 9.19. The number of nitrogens with two attached hydrogens (primary N) is 1. The fourth-order valence-electron chi connectivity index (χ4n) is 2.14. The van der Waals surface area contributed by atoms with Gasteiger partial charge in [-0.3, -0.25) is 16.3 Å². The monoisotopic (exact) mass is 259 g/mol. The second-order valence-electron chi connectivity index (χ2n) is 4.68. The van der Waals surface area contributed by atoms with Crippen molar-refractivity contribution in [2.75, 3.05) is 0 Å². The number of pyridine rings is 1. The SMILES string of the molecule is Cc1cccc(CCC(NN)c2cncc(F)c2)c1. The number of rotatable bonds is 5. The van der Waals surface area contributed by atoms with E-state index in [2.05, 4.69) is 35.5 Å². The molecule has 0 saturated heterocycles. The van der Waals surface area contributed by atoms with Crippen molar-refractivity contribution in [3.63, 3.8) is 0 Å². The number of nitrogens with zero attached hydrogens (tertiary/aromatic N) is 1. The molecule has 4 heteroatoms. The van der Waals surface area contributed by atoms with Gasteiger partial charge in [-0.05, 0) is 37.0 Å². The average molecular weight is 259 g/mol. The van der Waals surface area contributed by atoms with Gasteiger partial charge in [-0.2, -0.15) is 0 Å². The highest BCUT2D eigenvalue weighted by atomic mass is 19.1. The van der Waals surface area contributed by atoms with E-state index in [9.17, 15) is 4.39 Å². The van der Waals surface area contributed by atoms with Crippen molar-refractivity contribution in [3.05, 3.63) is 65.2 Å². The van der Waals surface area contributed by atoms with Crippen LogP contribution in [0, 0.1) is 12.7 Å². The van der Waals surface area contributed by atoms with Crippen LogP contribution in [0.5, 0.6) is 0 Å². The number of aromatic nitrogens is 1. The van der Waals surface area contributed by atoms with E-state index in [0.717, 1.165) is 18.4 Å². The van der Waals surface area contributed by atoms with Gasteiger partial charge in [0.15, 0.2) is 0 Å². The van der Waals surface area contributed by atoms with Crippen molar-refractivity contribution in [2.24, 2.45) is 5.84 Å². The van der Waals surface area contributed by atoms with Crippen LogP contribution in [0.15, 0.2) is 42.7 Å². The minimum Gasteiger partial charge on any atom is -0.271 e. The van der Waals surface area contributed by atoms with Crippen molar-refractivity contribution < 1.29 is 4.39 Å². The fraction of sp³-hybridized carbons (Fsp3) is 0.267. The van der Waals surface area contributed by atoms with Crippen LogP contribution in [0.3, 0.4) is 0 Å². The fourth-order valence-corrected chi connectivity index (χ4v) is 2.14. The molecule has 3 N–H and O–H groups in total. The number of halogens is 1. The summed E-state index contributed by atoms with van der Waals surface area (Å²) in [5, 5.41) is 0. The molecule has 0 spiro atoms. The molecular weight excluding hydrogens is 241 g/mol. The van der Waals surface area contributed by atoms with Crippen LogP contribution in [0.1, 0.15) is 29.2 Å². The maximum absolute atomic E-state index is 13.1. The van der Waals surface area contributed by atoms with Gasteiger partial charge in [-0.15, -0.1) is 0 Å². The summed E-state index contributed by atoms with van der Waals surface area (Å²) in [4.78, 5) is 3.85. The number of aryl methyl sites for hydroxylation is 2. The molecule has 0 radical (unpaired) electrons. The predicted molar refractivity (Wildman–Crippen MR) is 73.8 cm³/mol. The summed E-state index contributed by atoms with van der Waals surface area (Å²) < 4.78 is 13.1. The van der Waals surface area contributed by atoms with Crippen molar-refractivity contribution >= 4 is 0 Å². The van der Waals surface area contributed by atoms with Gasteiger partial charge in [0.25, 0.3) is 0 Å². The molecule has 19 heavy (non-hydrogen) atoms. The Morgan fingerprint density at radius 2 is 2.16 bits per heavy atom. The van der Waals surface area contributed by atoms with E-state index < -0.39 is 0 Å². The molecule has 1 atom stereocenters. The van der Waals surface area contributed by atoms with Crippen LogP contribution < -0.4 is 11.3 Å². The van der Waals surface area contributed by atoms with Gasteiger partial charge in [0.2, 0.25) is 0 Å². The Balaban J connectivity index is 2.04. The lowest BCUT2D eigenvalue weighted by Gasteiger charge is -2.16. The first-order valence-electron chi connectivity index (χ1n) is 6.31. The van der Waals surface area contributed by atoms with Crippen molar-refractivity contribution in [2.45, 2.75) is 25.8 Å². The third kappa shape index (κ3) is 3.84. The van der Waals surface area contributed by atoms with Crippen LogP contribution >= 0.6 is 0 Å². The van der Waals surface area contributed by atoms with Crippen LogP contribution in [0.2, 0.25) is 0 Å². The summed E-state index contributed by atoms with van der Waals surface area (Å²) in [7, 11) is 0. The Morgan fingerprint density at radius 3 is 2.84 bits per heavy atom. The minimum atomic E-state index is -0.340. The van der Waals surface area contributed by atoms with Gasteiger partial charge in [-0.1, -0.05) is 29.8 Å². The maximum Gasteiger partial charge on any atom is 0.141 e. The standard InChI is InChI=1S/C15H18FN3/c1-11-3-2-4-12(7-11)5-6-15(19-17)13-8-14(16)10-18-9-13/h2-4,7-10,15,19H,5-6,17H2,1H3. The predicted octanol–water partition coefficient (Wildman–Crippen LogP) is 2.67. The summed E-state index contributed by atoms with van der Waals surface area (Å²) in [6.07, 6.45) is 4.51. The van der Waals surface area contributed by atoms with Gasteiger partial charge < -0.3 is 0 Å². The number of nitrogens with one attached hydrogen (secondary N) is 1. The molecule has 0 fully saturated rings. The quantitative estimate of drug-likeness (QED) is 0.641. The zero-order chi connectivity index (χ0) is 13.7. The summed E-state index contributed by atoms with van der Waals surface area (Å²) in [5.74, 6) is 5.21. The highest BCUT2D eigenvalue weighted by Gasteiger charge is 2.11. The Kier molecular flexibility index (Phi) is 4.60. The van der Waals surface area contributed by atoms with Crippen molar-refractivity contribution in [3.8, 4) is 0 Å². The van der Waals surface area contributed by atoms with Crippen LogP contribution in [-0.2, 0) is 6.42 Å². The van der Waals surface area contributed by atoms with E-state index in [0.29, 0.717) is 0 Å². The largest absolute Gasteiger partial charge is 0.271 e. The molecule has 100 valence electrons. The molecule has 0 saturated carbocycles.